The van der Waals surface area contributed by atoms with Gasteiger partial charge in [-0.15, -0.1) is 0 Å². The van der Waals surface area contributed by atoms with Crippen molar-refractivity contribution < 1.29 is 23.4 Å². The third kappa shape index (κ3) is 2.58. The summed E-state index contributed by atoms with van der Waals surface area (Å²) in [5.41, 5.74) is -1.46. The van der Waals surface area contributed by atoms with Crippen molar-refractivity contribution in [3.8, 4) is 5.75 Å². The zero-order chi connectivity index (χ0) is 15.9. The quantitative estimate of drug-likeness (QED) is 0.792. The second-order valence-electron chi connectivity index (χ2n) is 5.57. The smallest absolute Gasteiger partial charge is 0.449 e. The zero-order valence-electron chi connectivity index (χ0n) is 11.6. The Balaban J connectivity index is 2.89. The molecule has 0 bridgehead atoms. The van der Waals surface area contributed by atoms with Gasteiger partial charge in [0.05, 0.1) is 10.9 Å². The van der Waals surface area contributed by atoms with Gasteiger partial charge >= 0.3 is 6.16 Å². The lowest BCUT2D eigenvalue weighted by atomic mass is 9.84. The zero-order valence-corrected chi connectivity index (χ0v) is 11.6. The molecule has 0 spiro atoms. The van der Waals surface area contributed by atoms with Crippen molar-refractivity contribution >= 4 is 17.1 Å². The lowest BCUT2D eigenvalue weighted by molar-refractivity contribution is 0.144. The Hall–Kier alpha value is -2.44. The number of aromatic amines is 1. The molecule has 5 nitrogen and oxygen atoms in total. The van der Waals surface area contributed by atoms with E-state index in [4.69, 9.17) is 5.11 Å². The summed E-state index contributed by atoms with van der Waals surface area (Å²) in [6.45, 7) is 5.01. The number of ether oxygens (including phenoxy) is 1. The van der Waals surface area contributed by atoms with Crippen LogP contribution in [0.1, 0.15) is 26.3 Å². The van der Waals surface area contributed by atoms with Crippen molar-refractivity contribution in [3.63, 3.8) is 0 Å². The van der Waals surface area contributed by atoms with Crippen LogP contribution in [0.4, 0.5) is 13.6 Å². The van der Waals surface area contributed by atoms with Crippen LogP contribution < -0.4 is 10.2 Å². The highest BCUT2D eigenvalue weighted by molar-refractivity contribution is 5.84. The maximum absolute atomic E-state index is 14.0. The summed E-state index contributed by atoms with van der Waals surface area (Å²) in [7, 11) is 0. The first kappa shape index (κ1) is 15.0. The van der Waals surface area contributed by atoms with E-state index in [1.807, 2.05) is 0 Å². The number of hydrogen-bond acceptors (Lipinski definition) is 3. The number of carboxylic acid groups (broad SMARTS) is 1. The third-order valence-electron chi connectivity index (χ3n) is 2.98. The average molecular weight is 297 g/mol. The van der Waals surface area contributed by atoms with E-state index in [1.165, 1.54) is 0 Å². The summed E-state index contributed by atoms with van der Waals surface area (Å²) in [6.07, 6.45) is -0.649. The van der Waals surface area contributed by atoms with Gasteiger partial charge in [-0.1, -0.05) is 20.8 Å². The van der Waals surface area contributed by atoms with E-state index in [-0.39, 0.29) is 16.5 Å². The van der Waals surface area contributed by atoms with Crippen LogP contribution in [0, 0.1) is 11.6 Å². The van der Waals surface area contributed by atoms with E-state index in [0.29, 0.717) is 0 Å². The molecule has 7 heteroatoms. The molecular weight excluding hydrogens is 284 g/mol. The van der Waals surface area contributed by atoms with Crippen LogP contribution in [0.25, 0.3) is 10.9 Å². The number of benzene rings is 1. The molecule has 1 aromatic carbocycles. The highest BCUT2D eigenvalue weighted by atomic mass is 19.2. The highest BCUT2D eigenvalue weighted by Crippen LogP contribution is 2.32. The van der Waals surface area contributed by atoms with Crippen LogP contribution in [0.3, 0.4) is 0 Å². The molecule has 21 heavy (non-hydrogen) atoms. The van der Waals surface area contributed by atoms with Gasteiger partial charge in [-0.05, 0) is 11.5 Å². The van der Waals surface area contributed by atoms with Gasteiger partial charge in [0.15, 0.2) is 17.4 Å². The molecule has 0 saturated heterocycles. The fraction of sp³-hybridized carbons (Fsp3) is 0.286. The van der Waals surface area contributed by atoms with E-state index in [1.54, 1.807) is 20.8 Å². The maximum Gasteiger partial charge on any atom is 0.511 e. The van der Waals surface area contributed by atoms with E-state index < -0.39 is 34.4 Å². The van der Waals surface area contributed by atoms with Crippen molar-refractivity contribution in [2.45, 2.75) is 26.2 Å². The molecule has 1 aromatic heterocycles. The molecule has 0 unspecified atom stereocenters. The molecule has 1 heterocycles. The van der Waals surface area contributed by atoms with Crippen LogP contribution in [-0.2, 0) is 5.41 Å². The van der Waals surface area contributed by atoms with Crippen LogP contribution in [0.2, 0.25) is 0 Å². The summed E-state index contributed by atoms with van der Waals surface area (Å²) in [6, 6.07) is 0.730. The Morgan fingerprint density at radius 1 is 1.33 bits per heavy atom. The highest BCUT2D eigenvalue weighted by Gasteiger charge is 2.26. The number of nitrogens with one attached hydrogen (secondary N) is 1. The Bertz CT molecular complexity index is 790. The predicted molar refractivity (Wildman–Crippen MR) is 71.8 cm³/mol. The largest absolute Gasteiger partial charge is 0.511 e. The van der Waals surface area contributed by atoms with Gasteiger partial charge < -0.3 is 14.8 Å². The van der Waals surface area contributed by atoms with E-state index in [2.05, 4.69) is 9.72 Å². The van der Waals surface area contributed by atoms with E-state index in [0.717, 1.165) is 12.3 Å². The summed E-state index contributed by atoms with van der Waals surface area (Å²) < 4.78 is 32.1. The molecule has 2 aromatic rings. The molecule has 0 aliphatic carbocycles. The van der Waals surface area contributed by atoms with E-state index in [9.17, 15) is 18.4 Å². The number of hydrogen-bond donors (Lipinski definition) is 2. The van der Waals surface area contributed by atoms with Crippen LogP contribution >= 0.6 is 0 Å². The number of H-pyrrole nitrogens is 1. The second kappa shape index (κ2) is 4.83. The fourth-order valence-corrected chi connectivity index (χ4v) is 2.17. The van der Waals surface area contributed by atoms with Gasteiger partial charge in [0.1, 0.15) is 0 Å². The van der Waals surface area contributed by atoms with Crippen LogP contribution in [0.5, 0.6) is 5.75 Å². The standard InChI is InChI=1S/C14H13F2NO4/c1-14(2,3)9-10(16)7(15)4-6-11(9)17-5-8(12(6)18)21-13(19)20/h4-5H,1-3H3,(H,17,18)(H,19,20). The lowest BCUT2D eigenvalue weighted by Gasteiger charge is -2.22. The summed E-state index contributed by atoms with van der Waals surface area (Å²) in [5.74, 6) is -2.72. The van der Waals surface area contributed by atoms with Crippen molar-refractivity contribution in [3.05, 3.63) is 39.7 Å². The van der Waals surface area contributed by atoms with Crippen LogP contribution in [-0.4, -0.2) is 16.2 Å². The maximum atomic E-state index is 14.0. The average Bonchev–Trinajstić information content (AvgIpc) is 2.33. The molecule has 0 amide bonds. The molecule has 0 aliphatic heterocycles. The normalized spacial score (nSPS) is 11.7. The summed E-state index contributed by atoms with van der Waals surface area (Å²) >= 11 is 0. The molecule has 0 saturated carbocycles. The fourth-order valence-electron chi connectivity index (χ4n) is 2.17. The number of carbonyl (C=O) groups is 1. The number of fused-ring (bicyclic) bond motifs is 1. The summed E-state index contributed by atoms with van der Waals surface area (Å²) in [4.78, 5) is 25.2. The second-order valence-corrected chi connectivity index (χ2v) is 5.57. The Morgan fingerprint density at radius 3 is 2.48 bits per heavy atom. The van der Waals surface area contributed by atoms with E-state index >= 15 is 0 Å². The Labute approximate surface area is 118 Å². The molecule has 2 N–H and O–H groups in total. The minimum absolute atomic E-state index is 0.0106. The number of halogens is 2. The number of rotatable bonds is 1. The van der Waals surface area contributed by atoms with Gasteiger partial charge in [-0.3, -0.25) is 4.79 Å². The predicted octanol–water partition coefficient (Wildman–Crippen LogP) is 3.16. The van der Waals surface area contributed by atoms with Crippen molar-refractivity contribution in [2.75, 3.05) is 0 Å². The molecule has 0 fully saturated rings. The minimum atomic E-state index is -1.67. The first-order chi connectivity index (χ1) is 9.62. The Kier molecular flexibility index (Phi) is 3.44. The van der Waals surface area contributed by atoms with Gasteiger partial charge in [-0.25, -0.2) is 13.6 Å². The monoisotopic (exact) mass is 297 g/mol. The number of aromatic nitrogens is 1. The molecular formula is C14H13F2NO4. The van der Waals surface area contributed by atoms with Crippen LogP contribution in [0.15, 0.2) is 17.1 Å². The van der Waals surface area contributed by atoms with Gasteiger partial charge in [-0.2, -0.15) is 0 Å². The molecule has 0 radical (unpaired) electrons. The molecule has 2 rings (SSSR count). The molecule has 0 atom stereocenters. The molecule has 112 valence electrons. The summed E-state index contributed by atoms with van der Waals surface area (Å²) in [5, 5.41) is 8.37. The molecule has 0 aliphatic rings. The lowest BCUT2D eigenvalue weighted by Crippen LogP contribution is -2.19. The number of pyridine rings is 1. The van der Waals surface area contributed by atoms with Crippen molar-refractivity contribution in [1.82, 2.24) is 4.98 Å². The first-order valence-electron chi connectivity index (χ1n) is 6.07. The third-order valence-corrected chi connectivity index (χ3v) is 2.98. The Morgan fingerprint density at radius 2 is 1.95 bits per heavy atom. The first-order valence-corrected chi connectivity index (χ1v) is 6.07. The van der Waals surface area contributed by atoms with Gasteiger partial charge in [0, 0.05) is 11.8 Å². The topological polar surface area (TPSA) is 79.4 Å². The van der Waals surface area contributed by atoms with Gasteiger partial charge in [0.2, 0.25) is 5.43 Å². The minimum Gasteiger partial charge on any atom is -0.449 e. The van der Waals surface area contributed by atoms with Gasteiger partial charge in [0.25, 0.3) is 0 Å². The SMILES string of the molecule is CC(C)(C)c1c(F)c(F)cc2c(=O)c(OC(=O)O)c[nH]c12. The van der Waals surface area contributed by atoms with Crippen molar-refractivity contribution in [1.29, 1.82) is 0 Å². The van der Waals surface area contributed by atoms with Crippen molar-refractivity contribution in [2.24, 2.45) is 0 Å².